The van der Waals surface area contributed by atoms with Crippen molar-refractivity contribution in [2.45, 2.75) is 25.5 Å². The second-order valence-corrected chi connectivity index (χ2v) is 6.56. The molecule has 7 heteroatoms. The lowest BCUT2D eigenvalue weighted by Crippen LogP contribution is -2.37. The average molecular weight is 363 g/mol. The van der Waals surface area contributed by atoms with E-state index in [2.05, 4.69) is 15.2 Å². The molecule has 4 rings (SSSR count). The normalized spacial score (nSPS) is 16.4. The molecule has 1 atom stereocenters. The van der Waals surface area contributed by atoms with E-state index in [0.717, 1.165) is 30.8 Å². The second kappa shape index (κ2) is 8.09. The van der Waals surface area contributed by atoms with Crippen LogP contribution in [0, 0.1) is 0 Å². The highest BCUT2D eigenvalue weighted by molar-refractivity contribution is 5.94. The topological polar surface area (TPSA) is 73.1 Å². The number of pyridine rings is 1. The van der Waals surface area contributed by atoms with Crippen molar-refractivity contribution in [2.24, 2.45) is 0 Å². The molecular weight excluding hydrogens is 342 g/mol. The molecule has 2 aromatic heterocycles. The van der Waals surface area contributed by atoms with E-state index in [1.165, 1.54) is 0 Å². The molecule has 1 aromatic carbocycles. The summed E-state index contributed by atoms with van der Waals surface area (Å²) in [5.74, 6) is -0.0218. The summed E-state index contributed by atoms with van der Waals surface area (Å²) in [6, 6.07) is 13.2. The van der Waals surface area contributed by atoms with Gasteiger partial charge in [-0.15, -0.1) is 10.2 Å². The molecule has 27 heavy (non-hydrogen) atoms. The van der Waals surface area contributed by atoms with Gasteiger partial charge in [-0.1, -0.05) is 6.07 Å². The lowest BCUT2D eigenvalue weighted by atomic mass is 10.1. The molecule has 0 spiro atoms. The van der Waals surface area contributed by atoms with Gasteiger partial charge in [0.1, 0.15) is 12.7 Å². The van der Waals surface area contributed by atoms with Gasteiger partial charge < -0.3 is 9.64 Å². The maximum Gasteiger partial charge on any atom is 0.254 e. The molecule has 138 valence electrons. The Kier molecular flexibility index (Phi) is 5.20. The average Bonchev–Trinajstić information content (AvgIpc) is 3.42. The number of carbonyl (C=O) groups is 1. The van der Waals surface area contributed by atoms with E-state index in [-0.39, 0.29) is 12.0 Å². The number of aromatic nitrogens is 4. The third kappa shape index (κ3) is 4.20. The zero-order chi connectivity index (χ0) is 18.5. The molecule has 0 aliphatic carbocycles. The molecule has 3 aromatic rings. The van der Waals surface area contributed by atoms with Gasteiger partial charge in [0, 0.05) is 30.6 Å². The Morgan fingerprint density at radius 2 is 1.96 bits per heavy atom. The standard InChI is InChI=1S/C20H21N5O2/c26-20(16-6-8-18(9-7-16)25-14-22-23-15-25)24(13-19-5-3-11-27-19)12-17-4-1-2-10-21-17/h1-2,4,6-10,14-15,19H,3,5,11-13H2/t19-/m0/s1. The molecule has 1 aliphatic heterocycles. The van der Waals surface area contributed by atoms with Crippen molar-refractivity contribution < 1.29 is 9.53 Å². The zero-order valence-electron chi connectivity index (χ0n) is 14.9. The predicted octanol–water partition coefficient (Wildman–Crippen LogP) is 2.48. The maximum atomic E-state index is 13.1. The van der Waals surface area contributed by atoms with E-state index in [0.29, 0.717) is 18.7 Å². The van der Waals surface area contributed by atoms with Crippen LogP contribution in [0.2, 0.25) is 0 Å². The number of nitrogens with zero attached hydrogens (tertiary/aromatic N) is 5. The van der Waals surface area contributed by atoms with Crippen molar-refractivity contribution in [1.82, 2.24) is 24.6 Å². The first kappa shape index (κ1) is 17.4. The Bertz CT molecular complexity index is 859. The smallest absolute Gasteiger partial charge is 0.254 e. The van der Waals surface area contributed by atoms with Crippen LogP contribution in [-0.2, 0) is 11.3 Å². The quantitative estimate of drug-likeness (QED) is 0.673. The number of hydrogen-bond donors (Lipinski definition) is 0. The molecule has 3 heterocycles. The van der Waals surface area contributed by atoms with Gasteiger partial charge in [-0.25, -0.2) is 0 Å². The van der Waals surface area contributed by atoms with E-state index in [1.807, 2.05) is 47.4 Å². The van der Waals surface area contributed by atoms with Gasteiger partial charge in [-0.05, 0) is 49.2 Å². The van der Waals surface area contributed by atoms with E-state index >= 15 is 0 Å². The molecule has 1 amide bonds. The summed E-state index contributed by atoms with van der Waals surface area (Å²) >= 11 is 0. The van der Waals surface area contributed by atoms with Crippen LogP contribution in [-0.4, -0.2) is 49.8 Å². The Morgan fingerprint density at radius 3 is 2.63 bits per heavy atom. The number of benzene rings is 1. The molecule has 0 unspecified atom stereocenters. The van der Waals surface area contributed by atoms with Gasteiger partial charge in [0.25, 0.3) is 5.91 Å². The lowest BCUT2D eigenvalue weighted by molar-refractivity contribution is 0.0504. The zero-order valence-corrected chi connectivity index (χ0v) is 14.9. The van der Waals surface area contributed by atoms with Crippen LogP contribution in [0.3, 0.4) is 0 Å². The van der Waals surface area contributed by atoms with Crippen molar-refractivity contribution in [3.05, 3.63) is 72.6 Å². The SMILES string of the molecule is O=C(c1ccc(-n2cnnc2)cc1)N(Cc1ccccn1)C[C@@H]1CCCO1. The Labute approximate surface area is 157 Å². The fourth-order valence-electron chi connectivity index (χ4n) is 3.23. The van der Waals surface area contributed by atoms with Crippen LogP contribution in [0.25, 0.3) is 5.69 Å². The van der Waals surface area contributed by atoms with Gasteiger partial charge >= 0.3 is 0 Å². The number of ether oxygens (including phenoxy) is 1. The first-order valence-electron chi connectivity index (χ1n) is 9.05. The number of rotatable bonds is 6. The molecule has 1 saturated heterocycles. The Morgan fingerprint density at radius 1 is 1.15 bits per heavy atom. The van der Waals surface area contributed by atoms with Crippen molar-refractivity contribution in [2.75, 3.05) is 13.2 Å². The summed E-state index contributed by atoms with van der Waals surface area (Å²) in [5.41, 5.74) is 2.41. The second-order valence-electron chi connectivity index (χ2n) is 6.56. The molecule has 1 fully saturated rings. The van der Waals surface area contributed by atoms with Gasteiger partial charge in [0.2, 0.25) is 0 Å². The highest BCUT2D eigenvalue weighted by Gasteiger charge is 2.24. The molecule has 1 aliphatic rings. The third-order valence-corrected chi connectivity index (χ3v) is 4.65. The Hall–Kier alpha value is -3.06. The van der Waals surface area contributed by atoms with E-state index in [1.54, 1.807) is 23.4 Å². The highest BCUT2D eigenvalue weighted by Crippen LogP contribution is 2.18. The van der Waals surface area contributed by atoms with Crippen LogP contribution in [0.4, 0.5) is 0 Å². The fourth-order valence-corrected chi connectivity index (χ4v) is 3.23. The molecule has 7 nitrogen and oxygen atoms in total. The van der Waals surface area contributed by atoms with Crippen molar-refractivity contribution in [3.8, 4) is 5.69 Å². The molecule has 0 N–H and O–H groups in total. The lowest BCUT2D eigenvalue weighted by Gasteiger charge is -2.25. The van der Waals surface area contributed by atoms with Gasteiger partial charge in [0.05, 0.1) is 18.3 Å². The first-order chi connectivity index (χ1) is 13.3. The van der Waals surface area contributed by atoms with Crippen LogP contribution < -0.4 is 0 Å². The van der Waals surface area contributed by atoms with E-state index in [9.17, 15) is 4.79 Å². The van der Waals surface area contributed by atoms with Crippen LogP contribution in [0.1, 0.15) is 28.9 Å². The van der Waals surface area contributed by atoms with Crippen molar-refractivity contribution in [1.29, 1.82) is 0 Å². The van der Waals surface area contributed by atoms with Crippen LogP contribution in [0.15, 0.2) is 61.3 Å². The summed E-state index contributed by atoms with van der Waals surface area (Å²) in [6.45, 7) is 1.80. The monoisotopic (exact) mass is 363 g/mol. The summed E-state index contributed by atoms with van der Waals surface area (Å²) in [5, 5.41) is 7.61. The minimum Gasteiger partial charge on any atom is -0.376 e. The van der Waals surface area contributed by atoms with Gasteiger partial charge in [-0.2, -0.15) is 0 Å². The van der Waals surface area contributed by atoms with Gasteiger partial charge in [-0.3, -0.25) is 14.3 Å². The molecule has 0 saturated carbocycles. The summed E-state index contributed by atoms with van der Waals surface area (Å²) in [7, 11) is 0. The number of carbonyl (C=O) groups excluding carboxylic acids is 1. The minimum absolute atomic E-state index is 0.0218. The first-order valence-corrected chi connectivity index (χ1v) is 9.05. The van der Waals surface area contributed by atoms with Gasteiger partial charge in [0.15, 0.2) is 0 Å². The largest absolute Gasteiger partial charge is 0.376 e. The van der Waals surface area contributed by atoms with Crippen LogP contribution >= 0.6 is 0 Å². The summed E-state index contributed by atoms with van der Waals surface area (Å²) in [6.07, 6.45) is 7.12. The molecule has 0 radical (unpaired) electrons. The fraction of sp³-hybridized carbons (Fsp3) is 0.300. The minimum atomic E-state index is -0.0218. The Balaban J connectivity index is 1.53. The van der Waals surface area contributed by atoms with Crippen LogP contribution in [0.5, 0.6) is 0 Å². The van der Waals surface area contributed by atoms with E-state index < -0.39 is 0 Å². The maximum absolute atomic E-state index is 13.1. The molecular formula is C20H21N5O2. The summed E-state index contributed by atoms with van der Waals surface area (Å²) < 4.78 is 7.54. The molecule has 0 bridgehead atoms. The summed E-state index contributed by atoms with van der Waals surface area (Å²) in [4.78, 5) is 19.3. The predicted molar refractivity (Wildman–Crippen MR) is 99.3 cm³/mol. The number of hydrogen-bond acceptors (Lipinski definition) is 5. The van der Waals surface area contributed by atoms with Crippen molar-refractivity contribution in [3.63, 3.8) is 0 Å². The third-order valence-electron chi connectivity index (χ3n) is 4.65. The highest BCUT2D eigenvalue weighted by atomic mass is 16.5. The van der Waals surface area contributed by atoms with E-state index in [4.69, 9.17) is 4.74 Å². The van der Waals surface area contributed by atoms with Crippen molar-refractivity contribution >= 4 is 5.91 Å². The number of amides is 1.